The normalized spacial score (nSPS) is 10.7. The van der Waals surface area contributed by atoms with E-state index >= 15 is 0 Å². The molecule has 6 nitrogen and oxygen atoms in total. The van der Waals surface area contributed by atoms with Gasteiger partial charge in [-0.3, -0.25) is 4.68 Å². The van der Waals surface area contributed by atoms with Crippen LogP contribution in [0.15, 0.2) is 12.4 Å². The van der Waals surface area contributed by atoms with Crippen molar-refractivity contribution in [3.8, 4) is 11.6 Å². The quantitative estimate of drug-likeness (QED) is 0.893. The molecule has 2 heterocycles. The topological polar surface area (TPSA) is 78.8 Å². The number of nitrogen functional groups attached to an aromatic ring is 1. The number of nitrogens with two attached hydrogens (primary N) is 1. The Hall–Kier alpha value is -2.11. The molecule has 0 bridgehead atoms. The molecule has 0 saturated heterocycles. The van der Waals surface area contributed by atoms with Gasteiger partial charge >= 0.3 is 0 Å². The van der Waals surface area contributed by atoms with Gasteiger partial charge in [0.15, 0.2) is 5.75 Å². The van der Waals surface area contributed by atoms with Crippen LogP contribution in [0.2, 0.25) is 0 Å². The van der Waals surface area contributed by atoms with Crippen molar-refractivity contribution in [1.29, 1.82) is 0 Å². The number of nitrogens with zero attached hydrogens (tertiary/aromatic N) is 4. The van der Waals surface area contributed by atoms with Gasteiger partial charge in [-0.05, 0) is 13.3 Å². The fraction of sp³-hybridized carbons (Fsp3) is 0.462. The zero-order valence-electron chi connectivity index (χ0n) is 11.6. The van der Waals surface area contributed by atoms with Crippen LogP contribution in [-0.4, -0.2) is 19.7 Å². The summed E-state index contributed by atoms with van der Waals surface area (Å²) in [4.78, 5) is 8.55. The Kier molecular flexibility index (Phi) is 3.99. The number of aryl methyl sites for hydroxylation is 2. The Morgan fingerprint density at radius 1 is 1.32 bits per heavy atom. The molecule has 0 unspecified atom stereocenters. The number of anilines is 1. The van der Waals surface area contributed by atoms with E-state index in [1.807, 2.05) is 24.7 Å². The lowest BCUT2D eigenvalue weighted by atomic mass is 10.3. The standard InChI is InChI=1S/C13H19N5O/c1-4-6-18-8-10(7-15-18)19-13-9(3)12(14)16-11(5-2)17-13/h7-8H,4-6H2,1-3H3,(H2,14,16,17). The summed E-state index contributed by atoms with van der Waals surface area (Å²) in [6.45, 7) is 6.80. The van der Waals surface area contributed by atoms with E-state index in [0.717, 1.165) is 24.9 Å². The fourth-order valence-corrected chi connectivity index (χ4v) is 1.68. The van der Waals surface area contributed by atoms with Gasteiger partial charge in [-0.25, -0.2) is 4.98 Å². The molecular formula is C13H19N5O. The number of ether oxygens (including phenoxy) is 1. The van der Waals surface area contributed by atoms with Crippen molar-refractivity contribution in [3.63, 3.8) is 0 Å². The molecule has 0 saturated carbocycles. The number of hydrogen-bond acceptors (Lipinski definition) is 5. The molecule has 0 aliphatic rings. The van der Waals surface area contributed by atoms with Crippen LogP contribution in [0.4, 0.5) is 5.82 Å². The molecule has 2 aromatic heterocycles. The zero-order chi connectivity index (χ0) is 13.8. The van der Waals surface area contributed by atoms with Crippen LogP contribution in [0.3, 0.4) is 0 Å². The smallest absolute Gasteiger partial charge is 0.227 e. The third-order valence-corrected chi connectivity index (χ3v) is 2.78. The van der Waals surface area contributed by atoms with Crippen LogP contribution in [-0.2, 0) is 13.0 Å². The van der Waals surface area contributed by atoms with Crippen LogP contribution in [0.25, 0.3) is 0 Å². The lowest BCUT2D eigenvalue weighted by Gasteiger charge is -2.08. The van der Waals surface area contributed by atoms with Crippen molar-refractivity contribution in [2.75, 3.05) is 5.73 Å². The summed E-state index contributed by atoms with van der Waals surface area (Å²) in [6, 6.07) is 0. The monoisotopic (exact) mass is 261 g/mol. The molecule has 0 aliphatic carbocycles. The summed E-state index contributed by atoms with van der Waals surface area (Å²) in [5.74, 6) is 2.30. The molecule has 0 spiro atoms. The lowest BCUT2D eigenvalue weighted by Crippen LogP contribution is -2.04. The van der Waals surface area contributed by atoms with Crippen LogP contribution in [0.1, 0.15) is 31.7 Å². The number of aromatic nitrogens is 4. The van der Waals surface area contributed by atoms with Crippen molar-refractivity contribution in [3.05, 3.63) is 23.8 Å². The van der Waals surface area contributed by atoms with E-state index in [4.69, 9.17) is 10.5 Å². The Bertz CT molecular complexity index is 564. The van der Waals surface area contributed by atoms with Gasteiger partial charge in [0.05, 0.1) is 18.0 Å². The molecule has 0 radical (unpaired) electrons. The molecule has 102 valence electrons. The molecule has 19 heavy (non-hydrogen) atoms. The maximum Gasteiger partial charge on any atom is 0.227 e. The maximum atomic E-state index is 5.85. The summed E-state index contributed by atoms with van der Waals surface area (Å²) >= 11 is 0. The van der Waals surface area contributed by atoms with Gasteiger partial charge in [-0.1, -0.05) is 13.8 Å². The summed E-state index contributed by atoms with van der Waals surface area (Å²) in [6.07, 6.45) is 5.28. The van der Waals surface area contributed by atoms with Gasteiger partial charge in [0.25, 0.3) is 0 Å². The third-order valence-electron chi connectivity index (χ3n) is 2.78. The molecule has 0 amide bonds. The molecular weight excluding hydrogens is 242 g/mol. The van der Waals surface area contributed by atoms with E-state index in [1.165, 1.54) is 0 Å². The minimum absolute atomic E-state index is 0.461. The Balaban J connectivity index is 2.24. The average Bonchev–Trinajstić information content (AvgIpc) is 2.82. The molecule has 2 rings (SSSR count). The van der Waals surface area contributed by atoms with Crippen LogP contribution < -0.4 is 10.5 Å². The molecule has 6 heteroatoms. The van der Waals surface area contributed by atoms with Gasteiger partial charge in [0.2, 0.25) is 5.88 Å². The predicted molar refractivity (Wildman–Crippen MR) is 73.2 cm³/mol. The number of rotatable bonds is 5. The highest BCUT2D eigenvalue weighted by Crippen LogP contribution is 2.25. The van der Waals surface area contributed by atoms with E-state index in [2.05, 4.69) is 22.0 Å². The van der Waals surface area contributed by atoms with Crippen molar-refractivity contribution < 1.29 is 4.74 Å². The molecule has 2 N–H and O–H groups in total. The Morgan fingerprint density at radius 3 is 2.79 bits per heavy atom. The zero-order valence-corrected chi connectivity index (χ0v) is 11.6. The van der Waals surface area contributed by atoms with E-state index in [-0.39, 0.29) is 0 Å². The predicted octanol–water partition coefficient (Wildman–Crippen LogP) is 2.33. The average molecular weight is 261 g/mol. The van der Waals surface area contributed by atoms with Crippen molar-refractivity contribution in [2.45, 2.75) is 40.2 Å². The molecule has 2 aromatic rings. The summed E-state index contributed by atoms with van der Waals surface area (Å²) in [5.41, 5.74) is 6.60. The van der Waals surface area contributed by atoms with Gasteiger partial charge in [0, 0.05) is 13.0 Å². The van der Waals surface area contributed by atoms with Crippen LogP contribution >= 0.6 is 0 Å². The van der Waals surface area contributed by atoms with Crippen LogP contribution in [0, 0.1) is 6.92 Å². The van der Waals surface area contributed by atoms with Gasteiger partial charge in [-0.2, -0.15) is 10.1 Å². The van der Waals surface area contributed by atoms with Crippen molar-refractivity contribution in [1.82, 2.24) is 19.7 Å². The minimum Gasteiger partial charge on any atom is -0.435 e. The van der Waals surface area contributed by atoms with Crippen molar-refractivity contribution >= 4 is 5.82 Å². The molecule has 0 aromatic carbocycles. The van der Waals surface area contributed by atoms with Crippen molar-refractivity contribution in [2.24, 2.45) is 0 Å². The van der Waals surface area contributed by atoms with E-state index in [1.54, 1.807) is 6.20 Å². The first-order chi connectivity index (χ1) is 9.13. The maximum absolute atomic E-state index is 5.85. The van der Waals surface area contributed by atoms with E-state index < -0.39 is 0 Å². The second kappa shape index (κ2) is 5.69. The van der Waals surface area contributed by atoms with Crippen LogP contribution in [0.5, 0.6) is 11.6 Å². The highest BCUT2D eigenvalue weighted by Gasteiger charge is 2.11. The summed E-state index contributed by atoms with van der Waals surface area (Å²) < 4.78 is 7.59. The van der Waals surface area contributed by atoms with Gasteiger partial charge in [0.1, 0.15) is 11.6 Å². The second-order valence-corrected chi connectivity index (χ2v) is 4.35. The molecule has 0 aliphatic heterocycles. The van der Waals surface area contributed by atoms with E-state index in [0.29, 0.717) is 23.3 Å². The summed E-state index contributed by atoms with van der Waals surface area (Å²) in [5, 5.41) is 4.21. The highest BCUT2D eigenvalue weighted by atomic mass is 16.5. The number of hydrogen-bond donors (Lipinski definition) is 1. The first-order valence-electron chi connectivity index (χ1n) is 6.47. The SMILES string of the molecule is CCCn1cc(Oc2nc(CC)nc(N)c2C)cn1. The molecule has 0 fully saturated rings. The second-order valence-electron chi connectivity index (χ2n) is 4.35. The Morgan fingerprint density at radius 2 is 2.11 bits per heavy atom. The third kappa shape index (κ3) is 3.01. The minimum atomic E-state index is 0.461. The Labute approximate surface area is 112 Å². The van der Waals surface area contributed by atoms with E-state index in [9.17, 15) is 0 Å². The summed E-state index contributed by atoms with van der Waals surface area (Å²) in [7, 11) is 0. The van der Waals surface area contributed by atoms with Gasteiger partial charge in [-0.15, -0.1) is 0 Å². The molecule has 0 atom stereocenters. The lowest BCUT2D eigenvalue weighted by molar-refractivity contribution is 0.453. The first-order valence-corrected chi connectivity index (χ1v) is 6.47. The largest absolute Gasteiger partial charge is 0.435 e. The first kappa shape index (κ1) is 13.3. The highest BCUT2D eigenvalue weighted by molar-refractivity contribution is 5.45. The van der Waals surface area contributed by atoms with Gasteiger partial charge < -0.3 is 10.5 Å². The fourth-order valence-electron chi connectivity index (χ4n) is 1.68.